The second kappa shape index (κ2) is 9.29. The Kier molecular flexibility index (Phi) is 6.44. The summed E-state index contributed by atoms with van der Waals surface area (Å²) in [7, 11) is 0. The Balaban J connectivity index is 1.71. The number of hydrogen-bond donors (Lipinski definition) is 0. The summed E-state index contributed by atoms with van der Waals surface area (Å²) >= 11 is 12.1. The third-order valence-electron chi connectivity index (χ3n) is 4.70. The molecule has 1 amide bonds. The summed E-state index contributed by atoms with van der Waals surface area (Å²) in [5.74, 6) is -0.659. The average molecular weight is 491 g/mol. The summed E-state index contributed by atoms with van der Waals surface area (Å²) in [6, 6.07) is 19.4. The van der Waals surface area contributed by atoms with Crippen molar-refractivity contribution in [2.24, 2.45) is 5.10 Å². The highest BCUT2D eigenvalue weighted by Crippen LogP contribution is 2.34. The van der Waals surface area contributed by atoms with Gasteiger partial charge >= 0.3 is 6.18 Å². The van der Waals surface area contributed by atoms with E-state index >= 15 is 0 Å². The van der Waals surface area contributed by atoms with Gasteiger partial charge in [0.2, 0.25) is 0 Å². The van der Waals surface area contributed by atoms with Gasteiger partial charge in [-0.15, -0.1) is 0 Å². The number of rotatable bonds is 5. The van der Waals surface area contributed by atoms with Crippen molar-refractivity contribution in [2.75, 3.05) is 5.01 Å². The summed E-state index contributed by atoms with van der Waals surface area (Å²) in [5, 5.41) is 5.09. The number of nitrogens with zero attached hydrogens (tertiary/aromatic N) is 2. The van der Waals surface area contributed by atoms with Crippen molar-refractivity contribution in [3.63, 3.8) is 0 Å². The number of anilines is 1. The number of alkyl halides is 3. The van der Waals surface area contributed by atoms with Gasteiger partial charge in [0.15, 0.2) is 5.71 Å². The van der Waals surface area contributed by atoms with Crippen LogP contribution in [-0.4, -0.2) is 17.8 Å². The first kappa shape index (κ1) is 22.9. The van der Waals surface area contributed by atoms with E-state index in [4.69, 9.17) is 27.9 Å². The average Bonchev–Trinajstić information content (AvgIpc) is 3.10. The summed E-state index contributed by atoms with van der Waals surface area (Å²) in [5.41, 5.74) is -0.713. The van der Waals surface area contributed by atoms with Crippen LogP contribution in [-0.2, 0) is 11.4 Å². The predicted octanol–water partition coefficient (Wildman–Crippen LogP) is 6.92. The van der Waals surface area contributed by atoms with Crippen molar-refractivity contribution in [1.82, 2.24) is 0 Å². The molecule has 0 aromatic heterocycles. The van der Waals surface area contributed by atoms with Crippen LogP contribution in [0, 0.1) is 0 Å². The van der Waals surface area contributed by atoms with E-state index in [1.54, 1.807) is 48.5 Å². The minimum absolute atomic E-state index is 0.114. The summed E-state index contributed by atoms with van der Waals surface area (Å²) in [6.07, 6.45) is -3.75. The fourth-order valence-electron chi connectivity index (χ4n) is 3.21. The molecule has 3 aromatic rings. The minimum atomic E-state index is -4.84. The van der Waals surface area contributed by atoms with E-state index in [1.807, 2.05) is 0 Å². The van der Waals surface area contributed by atoms with E-state index in [1.165, 1.54) is 24.3 Å². The predicted molar refractivity (Wildman–Crippen MR) is 123 cm³/mol. The monoisotopic (exact) mass is 490 g/mol. The van der Waals surface area contributed by atoms with Crippen LogP contribution in [0.1, 0.15) is 11.1 Å². The molecule has 3 aromatic carbocycles. The molecule has 0 atom stereocenters. The number of halogens is 5. The third-order valence-corrected chi connectivity index (χ3v) is 5.17. The van der Waals surface area contributed by atoms with E-state index in [-0.39, 0.29) is 28.6 Å². The molecule has 9 heteroatoms. The van der Waals surface area contributed by atoms with Crippen LogP contribution in [0.5, 0.6) is 5.75 Å². The molecule has 33 heavy (non-hydrogen) atoms. The molecule has 4 nitrogen and oxygen atoms in total. The van der Waals surface area contributed by atoms with Gasteiger partial charge in [0.1, 0.15) is 12.4 Å². The van der Waals surface area contributed by atoms with Crippen molar-refractivity contribution >= 4 is 46.6 Å². The van der Waals surface area contributed by atoms with Gasteiger partial charge in [-0.25, -0.2) is 0 Å². The van der Waals surface area contributed by atoms with Crippen LogP contribution in [0.15, 0.2) is 83.5 Å². The van der Waals surface area contributed by atoms with Crippen LogP contribution < -0.4 is 9.75 Å². The lowest BCUT2D eigenvalue weighted by Gasteiger charge is -2.12. The van der Waals surface area contributed by atoms with Crippen LogP contribution in [0.3, 0.4) is 0 Å². The molecule has 1 aliphatic rings. The van der Waals surface area contributed by atoms with Crippen molar-refractivity contribution < 1.29 is 22.7 Å². The van der Waals surface area contributed by atoms with Gasteiger partial charge in [-0.1, -0.05) is 53.5 Å². The van der Waals surface area contributed by atoms with E-state index in [0.29, 0.717) is 5.02 Å². The second-order valence-electron chi connectivity index (χ2n) is 7.06. The van der Waals surface area contributed by atoms with Crippen molar-refractivity contribution in [1.29, 1.82) is 0 Å². The molecular weight excluding hydrogens is 476 g/mol. The Bertz CT molecular complexity index is 1260. The molecule has 0 radical (unpaired) electrons. The van der Waals surface area contributed by atoms with Crippen molar-refractivity contribution in [2.45, 2.75) is 12.8 Å². The maximum atomic E-state index is 13.7. The van der Waals surface area contributed by atoms with Crippen LogP contribution in [0.4, 0.5) is 18.9 Å². The molecular formula is C24H15Cl2F3N2O2. The number of para-hydroxylation sites is 1. The third kappa shape index (κ3) is 5.21. The van der Waals surface area contributed by atoms with E-state index in [0.717, 1.165) is 16.6 Å². The highest BCUT2D eigenvalue weighted by atomic mass is 35.5. The topological polar surface area (TPSA) is 41.9 Å². The Morgan fingerprint density at radius 1 is 0.939 bits per heavy atom. The zero-order valence-corrected chi connectivity index (χ0v) is 18.3. The number of carbonyl (C=O) groups is 1. The Morgan fingerprint density at radius 2 is 1.67 bits per heavy atom. The SMILES string of the molecule is O=C1/C(=C\c2cc(Cl)ccc2OCc2cccc(Cl)c2)C(C(F)(F)F)=NN1c1ccccc1. The molecule has 168 valence electrons. The molecule has 0 fully saturated rings. The Labute approximate surface area is 197 Å². The van der Waals surface area contributed by atoms with E-state index in [9.17, 15) is 18.0 Å². The smallest absolute Gasteiger partial charge is 0.435 e. The number of benzene rings is 3. The largest absolute Gasteiger partial charge is 0.488 e. The molecule has 0 unspecified atom stereocenters. The zero-order valence-electron chi connectivity index (χ0n) is 16.8. The fourth-order valence-corrected chi connectivity index (χ4v) is 3.60. The number of ether oxygens (including phenoxy) is 1. The van der Waals surface area contributed by atoms with Crippen molar-refractivity contribution in [3.05, 3.63) is 99.5 Å². The van der Waals surface area contributed by atoms with Gasteiger partial charge in [-0.05, 0) is 54.1 Å². The highest BCUT2D eigenvalue weighted by Gasteiger charge is 2.46. The van der Waals surface area contributed by atoms with Gasteiger partial charge in [-0.2, -0.15) is 23.3 Å². The van der Waals surface area contributed by atoms with E-state index < -0.39 is 23.4 Å². The summed E-state index contributed by atoms with van der Waals surface area (Å²) < 4.78 is 47.0. The second-order valence-corrected chi connectivity index (χ2v) is 7.93. The van der Waals surface area contributed by atoms with Gasteiger partial charge in [0.25, 0.3) is 5.91 Å². The number of hydrazone groups is 1. The molecule has 1 heterocycles. The van der Waals surface area contributed by atoms with Gasteiger partial charge < -0.3 is 4.74 Å². The number of carbonyl (C=O) groups excluding carboxylic acids is 1. The maximum absolute atomic E-state index is 13.7. The number of hydrogen-bond acceptors (Lipinski definition) is 3. The standard InChI is InChI=1S/C24H15Cl2F3N2O2/c25-17-6-4-5-15(11-17)14-33-21-10-9-18(26)12-16(21)13-20-22(24(27,28)29)30-31(23(20)32)19-7-2-1-3-8-19/h1-13H,14H2/b20-13-. The molecule has 0 N–H and O–H groups in total. The first-order valence-corrected chi connectivity index (χ1v) is 10.4. The molecule has 0 saturated carbocycles. The Morgan fingerprint density at radius 3 is 2.36 bits per heavy atom. The lowest BCUT2D eigenvalue weighted by atomic mass is 10.0. The van der Waals surface area contributed by atoms with Gasteiger partial charge in [-0.3, -0.25) is 4.79 Å². The molecule has 4 rings (SSSR count). The Hall–Kier alpha value is -3.29. The fraction of sp³-hybridized carbons (Fsp3) is 0.0833. The quantitative estimate of drug-likeness (QED) is 0.364. The molecule has 0 spiro atoms. The summed E-state index contributed by atoms with van der Waals surface area (Å²) in [4.78, 5) is 12.9. The molecule has 0 saturated heterocycles. The van der Waals surface area contributed by atoms with Crippen LogP contribution in [0.25, 0.3) is 6.08 Å². The lowest BCUT2D eigenvalue weighted by molar-refractivity contribution is -0.114. The molecule has 1 aliphatic heterocycles. The molecule has 0 bridgehead atoms. The van der Waals surface area contributed by atoms with Gasteiger partial charge in [0, 0.05) is 15.6 Å². The summed E-state index contributed by atoms with van der Waals surface area (Å²) in [6.45, 7) is 0.114. The number of amides is 1. The van der Waals surface area contributed by atoms with Crippen LogP contribution >= 0.6 is 23.2 Å². The first-order valence-electron chi connectivity index (χ1n) is 9.66. The van der Waals surface area contributed by atoms with Gasteiger partial charge in [0.05, 0.1) is 11.3 Å². The highest BCUT2D eigenvalue weighted by molar-refractivity contribution is 6.34. The van der Waals surface area contributed by atoms with Crippen LogP contribution in [0.2, 0.25) is 10.0 Å². The van der Waals surface area contributed by atoms with E-state index in [2.05, 4.69) is 5.10 Å². The normalized spacial score (nSPS) is 15.2. The lowest BCUT2D eigenvalue weighted by Crippen LogP contribution is -2.25. The first-order chi connectivity index (χ1) is 15.7. The molecule has 0 aliphatic carbocycles. The zero-order chi connectivity index (χ0) is 23.6. The minimum Gasteiger partial charge on any atom is -0.488 e. The van der Waals surface area contributed by atoms with Crippen molar-refractivity contribution in [3.8, 4) is 5.75 Å². The maximum Gasteiger partial charge on any atom is 0.435 e.